The summed E-state index contributed by atoms with van der Waals surface area (Å²) in [6.07, 6.45) is -0.469. The van der Waals surface area contributed by atoms with Crippen LogP contribution in [0.15, 0.2) is 24.4 Å². The molecule has 1 heterocycles. The standard InChI is InChI=1S/C18H21F2N3O/c1-10-8-18(2,3)12-6-5-7-13(14(10)12)21-17(24)11-9-23(4)22-15(11)16(19)20/h5-7,9-10,16H,8H2,1-4H3,(H,21,24). The van der Waals surface area contributed by atoms with E-state index in [1.807, 2.05) is 12.1 Å². The number of hydrogen-bond donors (Lipinski definition) is 1. The molecule has 1 aliphatic rings. The van der Waals surface area contributed by atoms with E-state index in [4.69, 9.17) is 0 Å². The number of hydrogen-bond acceptors (Lipinski definition) is 2. The summed E-state index contributed by atoms with van der Waals surface area (Å²) in [6.45, 7) is 6.48. The normalized spacial score (nSPS) is 18.7. The zero-order valence-electron chi connectivity index (χ0n) is 14.2. The van der Waals surface area contributed by atoms with Crippen LogP contribution in [0.3, 0.4) is 0 Å². The van der Waals surface area contributed by atoms with E-state index >= 15 is 0 Å². The summed E-state index contributed by atoms with van der Waals surface area (Å²) >= 11 is 0. The summed E-state index contributed by atoms with van der Waals surface area (Å²) in [6, 6.07) is 5.79. The minimum Gasteiger partial charge on any atom is -0.322 e. The highest BCUT2D eigenvalue weighted by atomic mass is 19.3. The van der Waals surface area contributed by atoms with Gasteiger partial charge < -0.3 is 5.32 Å². The lowest BCUT2D eigenvalue weighted by Gasteiger charge is -2.19. The van der Waals surface area contributed by atoms with Crippen molar-refractivity contribution in [3.8, 4) is 0 Å². The topological polar surface area (TPSA) is 46.9 Å². The van der Waals surface area contributed by atoms with Crippen molar-refractivity contribution in [2.24, 2.45) is 7.05 Å². The summed E-state index contributed by atoms with van der Waals surface area (Å²) in [5.74, 6) is -0.251. The number of fused-ring (bicyclic) bond motifs is 1. The van der Waals surface area contributed by atoms with Crippen LogP contribution < -0.4 is 5.32 Å². The molecule has 0 saturated heterocycles. The third-order valence-corrected chi connectivity index (χ3v) is 4.70. The van der Waals surface area contributed by atoms with Crippen LogP contribution in [0.1, 0.15) is 66.7 Å². The van der Waals surface area contributed by atoms with Gasteiger partial charge in [0.25, 0.3) is 12.3 Å². The zero-order valence-corrected chi connectivity index (χ0v) is 14.2. The molecule has 2 aromatic rings. The first kappa shape index (κ1) is 16.6. The van der Waals surface area contributed by atoms with Crippen molar-refractivity contribution in [2.45, 2.75) is 45.0 Å². The van der Waals surface area contributed by atoms with E-state index in [-0.39, 0.29) is 11.0 Å². The zero-order chi connectivity index (χ0) is 17.6. The van der Waals surface area contributed by atoms with Crippen molar-refractivity contribution in [2.75, 3.05) is 5.32 Å². The summed E-state index contributed by atoms with van der Waals surface area (Å²) in [5.41, 5.74) is 2.45. The van der Waals surface area contributed by atoms with Crippen molar-refractivity contribution in [3.63, 3.8) is 0 Å². The Balaban J connectivity index is 1.96. The Labute approximate surface area is 139 Å². The number of carbonyl (C=O) groups is 1. The Kier molecular flexibility index (Phi) is 3.94. The lowest BCUT2D eigenvalue weighted by atomic mass is 9.86. The van der Waals surface area contributed by atoms with Gasteiger partial charge in [-0.15, -0.1) is 0 Å². The van der Waals surface area contributed by atoms with E-state index in [1.165, 1.54) is 23.5 Å². The van der Waals surface area contributed by atoms with Crippen LogP contribution in [0.5, 0.6) is 0 Å². The third kappa shape index (κ3) is 2.70. The number of rotatable bonds is 3. The van der Waals surface area contributed by atoms with Gasteiger partial charge in [-0.3, -0.25) is 9.48 Å². The molecule has 0 bridgehead atoms. The van der Waals surface area contributed by atoms with Gasteiger partial charge in [0, 0.05) is 18.9 Å². The number of benzene rings is 1. The third-order valence-electron chi connectivity index (χ3n) is 4.70. The number of amides is 1. The Morgan fingerprint density at radius 3 is 2.79 bits per heavy atom. The quantitative estimate of drug-likeness (QED) is 0.905. The molecule has 1 aromatic heterocycles. The smallest absolute Gasteiger partial charge is 0.282 e. The van der Waals surface area contributed by atoms with Crippen molar-refractivity contribution in [1.29, 1.82) is 0 Å². The second-order valence-corrected chi connectivity index (χ2v) is 7.11. The fourth-order valence-electron chi connectivity index (χ4n) is 3.80. The van der Waals surface area contributed by atoms with Crippen LogP contribution in [-0.2, 0) is 12.5 Å². The van der Waals surface area contributed by atoms with Crippen molar-refractivity contribution in [3.05, 3.63) is 46.8 Å². The molecular formula is C18H21F2N3O. The van der Waals surface area contributed by atoms with E-state index in [9.17, 15) is 13.6 Å². The summed E-state index contributed by atoms with van der Waals surface area (Å²) < 4.78 is 27.4. The predicted octanol–water partition coefficient (Wildman–Crippen LogP) is 4.39. The minimum absolute atomic E-state index is 0.0396. The number of anilines is 1. The van der Waals surface area contributed by atoms with Crippen LogP contribution in [0.25, 0.3) is 0 Å². The van der Waals surface area contributed by atoms with Crippen LogP contribution >= 0.6 is 0 Å². The fraction of sp³-hybridized carbons (Fsp3) is 0.444. The lowest BCUT2D eigenvalue weighted by Crippen LogP contribution is -2.16. The SMILES string of the molecule is CC1CC(C)(C)c2cccc(NC(=O)c3cn(C)nc3C(F)F)c21. The first-order valence-electron chi connectivity index (χ1n) is 7.97. The molecule has 0 fully saturated rings. The number of alkyl halides is 2. The molecule has 1 aliphatic carbocycles. The summed E-state index contributed by atoms with van der Waals surface area (Å²) in [7, 11) is 1.52. The highest BCUT2D eigenvalue weighted by Gasteiger charge is 2.36. The molecule has 0 radical (unpaired) electrons. The van der Waals surface area contributed by atoms with Gasteiger partial charge >= 0.3 is 0 Å². The van der Waals surface area contributed by atoms with Gasteiger partial charge in [-0.25, -0.2) is 8.78 Å². The van der Waals surface area contributed by atoms with Crippen molar-refractivity contribution >= 4 is 11.6 Å². The van der Waals surface area contributed by atoms with Crippen LogP contribution in [0, 0.1) is 0 Å². The highest BCUT2D eigenvalue weighted by molar-refractivity contribution is 6.05. The van der Waals surface area contributed by atoms with Gasteiger partial charge in [0.2, 0.25) is 0 Å². The lowest BCUT2D eigenvalue weighted by molar-refractivity contribution is 0.101. The van der Waals surface area contributed by atoms with Gasteiger partial charge in [-0.05, 0) is 34.9 Å². The Morgan fingerprint density at radius 1 is 1.42 bits per heavy atom. The molecule has 0 saturated carbocycles. The van der Waals surface area contributed by atoms with E-state index in [2.05, 4.69) is 37.3 Å². The number of halogens is 2. The largest absolute Gasteiger partial charge is 0.322 e. The van der Waals surface area contributed by atoms with Crippen molar-refractivity contribution in [1.82, 2.24) is 9.78 Å². The Bertz CT molecular complexity index is 796. The molecule has 1 amide bonds. The summed E-state index contributed by atoms with van der Waals surface area (Å²) in [5, 5.41) is 6.50. The minimum atomic E-state index is -2.79. The maximum atomic E-state index is 13.1. The number of nitrogens with zero attached hydrogens (tertiary/aromatic N) is 2. The predicted molar refractivity (Wildman–Crippen MR) is 88.6 cm³/mol. The van der Waals surface area contributed by atoms with E-state index < -0.39 is 18.0 Å². The van der Waals surface area contributed by atoms with Gasteiger partial charge in [-0.1, -0.05) is 32.9 Å². The number of aryl methyl sites for hydroxylation is 1. The molecular weight excluding hydrogens is 312 g/mol. The second-order valence-electron chi connectivity index (χ2n) is 7.11. The molecule has 128 valence electrons. The van der Waals surface area contributed by atoms with Gasteiger partial charge in [0.05, 0.1) is 5.56 Å². The molecule has 0 aliphatic heterocycles. The Morgan fingerprint density at radius 2 is 2.12 bits per heavy atom. The van der Waals surface area contributed by atoms with Gasteiger partial charge in [0.15, 0.2) is 0 Å². The highest BCUT2D eigenvalue weighted by Crippen LogP contribution is 2.48. The molecule has 0 spiro atoms. The number of nitrogens with one attached hydrogen (secondary N) is 1. The number of aromatic nitrogens is 2. The van der Waals surface area contributed by atoms with Crippen molar-refractivity contribution < 1.29 is 13.6 Å². The molecule has 24 heavy (non-hydrogen) atoms. The average Bonchev–Trinajstić information content (AvgIpc) is 2.98. The fourth-order valence-corrected chi connectivity index (χ4v) is 3.80. The average molecular weight is 333 g/mol. The molecule has 1 unspecified atom stereocenters. The first-order valence-corrected chi connectivity index (χ1v) is 7.97. The second kappa shape index (κ2) is 5.69. The maximum absolute atomic E-state index is 13.1. The Hall–Kier alpha value is -2.24. The molecule has 1 aromatic carbocycles. The van der Waals surface area contributed by atoms with Crippen LogP contribution in [0.4, 0.5) is 14.5 Å². The molecule has 3 rings (SSSR count). The first-order chi connectivity index (χ1) is 11.2. The number of carbonyl (C=O) groups excluding carboxylic acids is 1. The summed E-state index contributed by atoms with van der Waals surface area (Å²) in [4.78, 5) is 12.5. The molecule has 6 heteroatoms. The molecule has 1 N–H and O–H groups in total. The molecule has 1 atom stereocenters. The van der Waals surface area contributed by atoms with E-state index in [1.54, 1.807) is 0 Å². The van der Waals surface area contributed by atoms with E-state index in [0.717, 1.165) is 12.0 Å². The van der Waals surface area contributed by atoms with Crippen LogP contribution in [-0.4, -0.2) is 15.7 Å². The van der Waals surface area contributed by atoms with Gasteiger partial charge in [0.1, 0.15) is 5.69 Å². The maximum Gasteiger partial charge on any atom is 0.282 e. The van der Waals surface area contributed by atoms with Gasteiger partial charge in [-0.2, -0.15) is 5.10 Å². The monoisotopic (exact) mass is 333 g/mol. The van der Waals surface area contributed by atoms with E-state index in [0.29, 0.717) is 11.6 Å². The molecule has 4 nitrogen and oxygen atoms in total. The van der Waals surface area contributed by atoms with Crippen LogP contribution in [0.2, 0.25) is 0 Å².